The minimum atomic E-state index is -0.164. The lowest BCUT2D eigenvalue weighted by atomic mass is 9.87. The number of ether oxygens (including phenoxy) is 3. The van der Waals surface area contributed by atoms with Crippen molar-refractivity contribution < 1.29 is 19.0 Å². The minimum Gasteiger partial charge on any atom is -0.497 e. The Morgan fingerprint density at radius 2 is 1.48 bits per heavy atom. The monoisotopic (exact) mass is 419 g/mol. The van der Waals surface area contributed by atoms with Gasteiger partial charge in [0.2, 0.25) is 5.91 Å². The van der Waals surface area contributed by atoms with Gasteiger partial charge in [-0.1, -0.05) is 30.3 Å². The van der Waals surface area contributed by atoms with E-state index < -0.39 is 0 Å². The largest absolute Gasteiger partial charge is 0.497 e. The quantitative estimate of drug-likeness (QED) is 0.487. The lowest BCUT2D eigenvalue weighted by Gasteiger charge is -2.21. The molecule has 0 unspecified atom stereocenters. The molecule has 31 heavy (non-hydrogen) atoms. The van der Waals surface area contributed by atoms with Gasteiger partial charge in [-0.3, -0.25) is 4.79 Å². The standard InChI is InChI=1S/C26H29NO4/c1-18(2)31-22-13-9-19(10-14-22)24(23-7-5-6-8-25(23)30-4)17-26(28)27-20-11-15-21(29-3)16-12-20/h5-16,18,24H,17H2,1-4H3,(H,27,28)/t24-/m1/s1. The molecular weight excluding hydrogens is 390 g/mol. The molecule has 0 aliphatic rings. The van der Waals surface area contributed by atoms with Gasteiger partial charge in [0.15, 0.2) is 0 Å². The fourth-order valence-corrected chi connectivity index (χ4v) is 3.48. The van der Waals surface area contributed by atoms with Crippen molar-refractivity contribution in [3.05, 3.63) is 83.9 Å². The van der Waals surface area contributed by atoms with Crippen LogP contribution in [0.1, 0.15) is 37.3 Å². The summed E-state index contributed by atoms with van der Waals surface area (Å²) in [5.41, 5.74) is 2.71. The van der Waals surface area contributed by atoms with Crippen molar-refractivity contribution in [2.24, 2.45) is 0 Å². The number of hydrogen-bond acceptors (Lipinski definition) is 4. The van der Waals surface area contributed by atoms with Crippen LogP contribution in [0.5, 0.6) is 17.2 Å². The smallest absolute Gasteiger partial charge is 0.225 e. The molecule has 0 saturated carbocycles. The van der Waals surface area contributed by atoms with E-state index >= 15 is 0 Å². The van der Waals surface area contributed by atoms with E-state index in [0.717, 1.165) is 34.1 Å². The van der Waals surface area contributed by atoms with Crippen LogP contribution < -0.4 is 19.5 Å². The SMILES string of the molecule is COc1ccc(NC(=O)C[C@H](c2ccc(OC(C)C)cc2)c2ccccc2OC)cc1. The normalized spacial score (nSPS) is 11.6. The van der Waals surface area contributed by atoms with Crippen molar-refractivity contribution >= 4 is 11.6 Å². The second-order valence-electron chi connectivity index (χ2n) is 7.51. The van der Waals surface area contributed by atoms with E-state index in [0.29, 0.717) is 0 Å². The molecule has 0 fully saturated rings. The molecule has 0 bridgehead atoms. The van der Waals surface area contributed by atoms with Crippen LogP contribution in [0.15, 0.2) is 72.8 Å². The Hall–Kier alpha value is -3.47. The van der Waals surface area contributed by atoms with E-state index in [2.05, 4.69) is 5.32 Å². The van der Waals surface area contributed by atoms with Crippen molar-refractivity contribution in [3.63, 3.8) is 0 Å². The number of benzene rings is 3. The van der Waals surface area contributed by atoms with E-state index in [1.165, 1.54) is 0 Å². The summed E-state index contributed by atoms with van der Waals surface area (Å²) in [5.74, 6) is 2.06. The highest BCUT2D eigenvalue weighted by Crippen LogP contribution is 2.35. The first-order valence-electron chi connectivity index (χ1n) is 10.3. The zero-order valence-corrected chi connectivity index (χ0v) is 18.4. The van der Waals surface area contributed by atoms with E-state index in [1.54, 1.807) is 14.2 Å². The molecule has 3 rings (SSSR count). The molecule has 0 aliphatic heterocycles. The number of rotatable bonds is 9. The van der Waals surface area contributed by atoms with E-state index in [1.807, 2.05) is 86.6 Å². The topological polar surface area (TPSA) is 56.8 Å². The molecule has 0 aliphatic carbocycles. The number of nitrogens with one attached hydrogen (secondary N) is 1. The summed E-state index contributed by atoms with van der Waals surface area (Å²) in [7, 11) is 3.26. The zero-order chi connectivity index (χ0) is 22.2. The molecule has 1 amide bonds. The Labute approximate surface area is 184 Å². The number of carbonyl (C=O) groups is 1. The van der Waals surface area contributed by atoms with Crippen LogP contribution in [-0.4, -0.2) is 26.2 Å². The Morgan fingerprint density at radius 3 is 2.10 bits per heavy atom. The van der Waals surface area contributed by atoms with Crippen molar-refractivity contribution in [1.82, 2.24) is 0 Å². The second-order valence-corrected chi connectivity index (χ2v) is 7.51. The minimum absolute atomic E-state index is 0.0800. The summed E-state index contributed by atoms with van der Waals surface area (Å²) >= 11 is 0. The van der Waals surface area contributed by atoms with Gasteiger partial charge in [0.05, 0.1) is 20.3 Å². The molecule has 0 saturated heterocycles. The Bertz CT molecular complexity index is 981. The first-order chi connectivity index (χ1) is 15.0. The summed E-state index contributed by atoms with van der Waals surface area (Å²) in [6.07, 6.45) is 0.377. The number of methoxy groups -OCH3 is 2. The lowest BCUT2D eigenvalue weighted by Crippen LogP contribution is -2.17. The second kappa shape index (κ2) is 10.5. The Morgan fingerprint density at radius 1 is 0.839 bits per heavy atom. The fraction of sp³-hybridized carbons (Fsp3) is 0.269. The van der Waals surface area contributed by atoms with E-state index in [9.17, 15) is 4.79 Å². The molecule has 5 heteroatoms. The molecule has 3 aromatic carbocycles. The summed E-state index contributed by atoms with van der Waals surface area (Å²) in [6.45, 7) is 3.99. The maximum Gasteiger partial charge on any atom is 0.225 e. The highest BCUT2D eigenvalue weighted by molar-refractivity contribution is 5.91. The van der Waals surface area contributed by atoms with Crippen LogP contribution in [0.25, 0.3) is 0 Å². The van der Waals surface area contributed by atoms with Gasteiger partial charge in [-0.2, -0.15) is 0 Å². The van der Waals surface area contributed by atoms with Gasteiger partial charge in [-0.15, -0.1) is 0 Å². The summed E-state index contributed by atoms with van der Waals surface area (Å²) in [4.78, 5) is 12.9. The van der Waals surface area contributed by atoms with Gasteiger partial charge < -0.3 is 19.5 Å². The molecule has 1 atom stereocenters. The maximum atomic E-state index is 12.9. The van der Waals surface area contributed by atoms with Crippen molar-refractivity contribution in [1.29, 1.82) is 0 Å². The summed E-state index contributed by atoms with van der Waals surface area (Å²) < 4.78 is 16.5. The lowest BCUT2D eigenvalue weighted by molar-refractivity contribution is -0.116. The van der Waals surface area contributed by atoms with Gasteiger partial charge in [0.25, 0.3) is 0 Å². The summed E-state index contributed by atoms with van der Waals surface area (Å²) in [6, 6.07) is 23.0. The third-order valence-electron chi connectivity index (χ3n) is 4.93. The fourth-order valence-electron chi connectivity index (χ4n) is 3.48. The first-order valence-corrected chi connectivity index (χ1v) is 10.3. The number of anilines is 1. The van der Waals surface area contributed by atoms with Crippen molar-refractivity contribution in [3.8, 4) is 17.2 Å². The predicted octanol–water partition coefficient (Wildman–Crippen LogP) is 5.65. The highest BCUT2D eigenvalue weighted by Gasteiger charge is 2.22. The highest BCUT2D eigenvalue weighted by atomic mass is 16.5. The van der Waals surface area contributed by atoms with Gasteiger partial charge in [0.1, 0.15) is 17.2 Å². The third-order valence-corrected chi connectivity index (χ3v) is 4.93. The molecule has 0 radical (unpaired) electrons. The van der Waals surface area contributed by atoms with Gasteiger partial charge in [-0.05, 0) is 61.9 Å². The Balaban J connectivity index is 1.85. The molecule has 0 spiro atoms. The predicted molar refractivity (Wildman–Crippen MR) is 123 cm³/mol. The number of amides is 1. The molecule has 5 nitrogen and oxygen atoms in total. The van der Waals surface area contributed by atoms with Crippen LogP contribution in [0.4, 0.5) is 5.69 Å². The maximum absolute atomic E-state index is 12.9. The molecule has 3 aromatic rings. The zero-order valence-electron chi connectivity index (χ0n) is 18.4. The van der Waals surface area contributed by atoms with Gasteiger partial charge >= 0.3 is 0 Å². The number of para-hydroxylation sites is 1. The van der Waals surface area contributed by atoms with E-state index in [4.69, 9.17) is 14.2 Å². The van der Waals surface area contributed by atoms with Gasteiger partial charge in [-0.25, -0.2) is 0 Å². The number of hydrogen-bond donors (Lipinski definition) is 1. The third kappa shape index (κ3) is 6.01. The van der Waals surface area contributed by atoms with Crippen LogP contribution in [0.3, 0.4) is 0 Å². The van der Waals surface area contributed by atoms with Crippen molar-refractivity contribution in [2.75, 3.05) is 19.5 Å². The first kappa shape index (κ1) is 22.2. The van der Waals surface area contributed by atoms with E-state index in [-0.39, 0.29) is 24.3 Å². The molecule has 1 N–H and O–H groups in total. The summed E-state index contributed by atoms with van der Waals surface area (Å²) in [5, 5.41) is 2.98. The average Bonchev–Trinajstić information content (AvgIpc) is 2.78. The average molecular weight is 420 g/mol. The molecular formula is C26H29NO4. The van der Waals surface area contributed by atoms with Crippen LogP contribution in [-0.2, 0) is 4.79 Å². The van der Waals surface area contributed by atoms with Crippen molar-refractivity contribution in [2.45, 2.75) is 32.3 Å². The molecule has 162 valence electrons. The van der Waals surface area contributed by atoms with Gasteiger partial charge in [0, 0.05) is 23.6 Å². The van der Waals surface area contributed by atoms with Crippen LogP contribution in [0.2, 0.25) is 0 Å². The molecule has 0 heterocycles. The Kier molecular flexibility index (Phi) is 7.55. The molecule has 0 aromatic heterocycles. The van der Waals surface area contributed by atoms with Crippen LogP contribution >= 0.6 is 0 Å². The van der Waals surface area contributed by atoms with Crippen LogP contribution in [0, 0.1) is 0 Å². The number of carbonyl (C=O) groups excluding carboxylic acids is 1.